The van der Waals surface area contributed by atoms with Gasteiger partial charge in [-0.25, -0.2) is 18.6 Å². The lowest BCUT2D eigenvalue weighted by Crippen LogP contribution is -2.47. The molecule has 3 N–H and O–H groups in total. The number of hydrogen-bond acceptors (Lipinski definition) is 4. The van der Waals surface area contributed by atoms with Crippen LogP contribution in [0.5, 0.6) is 0 Å². The number of rotatable bonds is 4. The van der Waals surface area contributed by atoms with Crippen LogP contribution in [-0.4, -0.2) is 37.5 Å². The molecule has 7 heteroatoms. The quantitative estimate of drug-likeness (QED) is 0.436. The van der Waals surface area contributed by atoms with E-state index in [-0.39, 0.29) is 5.75 Å². The van der Waals surface area contributed by atoms with E-state index in [1.165, 1.54) is 4.31 Å². The van der Waals surface area contributed by atoms with E-state index in [9.17, 15) is 13.2 Å². The van der Waals surface area contributed by atoms with Crippen LogP contribution in [0.1, 0.15) is 39.5 Å². The molecule has 0 atom stereocenters. The van der Waals surface area contributed by atoms with Gasteiger partial charge < -0.3 is 0 Å². The smallest absolute Gasteiger partial charge is 0.240 e. The number of sulfonamides is 1. The van der Waals surface area contributed by atoms with Crippen molar-refractivity contribution < 1.29 is 13.2 Å². The van der Waals surface area contributed by atoms with Gasteiger partial charge in [-0.3, -0.25) is 10.2 Å². The Morgan fingerprint density at radius 3 is 2.17 bits per heavy atom. The number of carbonyl (C=O) groups excluding carboxylic acids is 1. The lowest BCUT2D eigenvalue weighted by molar-refractivity contribution is -0.128. The zero-order chi connectivity index (χ0) is 13.8. The number of nitrogens with zero attached hydrogens (tertiary/aromatic N) is 1. The van der Waals surface area contributed by atoms with Gasteiger partial charge in [0.05, 0.1) is 11.2 Å². The Hall–Kier alpha value is -0.660. The predicted molar refractivity (Wildman–Crippen MR) is 69.9 cm³/mol. The van der Waals surface area contributed by atoms with E-state index in [0.29, 0.717) is 13.1 Å². The van der Waals surface area contributed by atoms with Crippen LogP contribution in [0.25, 0.3) is 0 Å². The molecular formula is C11H23N3O3S. The first kappa shape index (κ1) is 15.4. The monoisotopic (exact) mass is 277 g/mol. The van der Waals surface area contributed by atoms with Gasteiger partial charge in [0.1, 0.15) is 0 Å². The van der Waals surface area contributed by atoms with Crippen molar-refractivity contribution in [2.75, 3.05) is 18.8 Å². The van der Waals surface area contributed by atoms with Crippen LogP contribution >= 0.6 is 0 Å². The molecule has 1 aliphatic rings. The second kappa shape index (κ2) is 5.99. The third-order valence-electron chi connectivity index (χ3n) is 3.25. The number of nitrogens with two attached hydrogens (primary N) is 1. The SMILES string of the molecule is CC(C)(CS(=O)(=O)N1CCCCCC1)C(=O)NN. The van der Waals surface area contributed by atoms with E-state index < -0.39 is 21.3 Å². The van der Waals surface area contributed by atoms with Crippen molar-refractivity contribution in [1.29, 1.82) is 0 Å². The highest BCUT2D eigenvalue weighted by molar-refractivity contribution is 7.89. The van der Waals surface area contributed by atoms with E-state index >= 15 is 0 Å². The summed E-state index contributed by atoms with van der Waals surface area (Å²) in [6.07, 6.45) is 3.92. The van der Waals surface area contributed by atoms with Gasteiger partial charge in [-0.15, -0.1) is 0 Å². The molecule has 18 heavy (non-hydrogen) atoms. The van der Waals surface area contributed by atoms with Crippen molar-refractivity contribution in [1.82, 2.24) is 9.73 Å². The number of hydrazine groups is 1. The summed E-state index contributed by atoms with van der Waals surface area (Å²) >= 11 is 0. The fourth-order valence-corrected chi connectivity index (χ4v) is 4.17. The van der Waals surface area contributed by atoms with Gasteiger partial charge in [0, 0.05) is 13.1 Å². The van der Waals surface area contributed by atoms with E-state index in [0.717, 1.165) is 25.7 Å². The summed E-state index contributed by atoms with van der Waals surface area (Å²) in [5.41, 5.74) is 1.01. The number of amides is 1. The van der Waals surface area contributed by atoms with E-state index in [4.69, 9.17) is 5.84 Å². The molecule has 0 saturated carbocycles. The minimum absolute atomic E-state index is 0.205. The van der Waals surface area contributed by atoms with Crippen molar-refractivity contribution in [3.05, 3.63) is 0 Å². The molecule has 0 bridgehead atoms. The van der Waals surface area contributed by atoms with Crippen molar-refractivity contribution in [3.63, 3.8) is 0 Å². The van der Waals surface area contributed by atoms with Crippen molar-refractivity contribution >= 4 is 15.9 Å². The highest BCUT2D eigenvalue weighted by atomic mass is 32.2. The summed E-state index contributed by atoms with van der Waals surface area (Å²) in [5, 5.41) is 0. The first-order valence-corrected chi connectivity index (χ1v) is 7.89. The predicted octanol–water partition coefficient (Wildman–Crippen LogP) is 0.208. The summed E-state index contributed by atoms with van der Waals surface area (Å²) in [7, 11) is -3.40. The minimum Gasteiger partial charge on any atom is -0.294 e. The van der Waals surface area contributed by atoms with Crippen LogP contribution in [-0.2, 0) is 14.8 Å². The Balaban J connectivity index is 2.77. The first-order chi connectivity index (χ1) is 8.29. The van der Waals surface area contributed by atoms with Gasteiger partial charge in [0.15, 0.2) is 0 Å². The average molecular weight is 277 g/mol. The second-order valence-electron chi connectivity index (χ2n) is 5.43. The molecule has 0 spiro atoms. The number of nitrogens with one attached hydrogen (secondary N) is 1. The Morgan fingerprint density at radius 2 is 1.72 bits per heavy atom. The van der Waals surface area contributed by atoms with Crippen LogP contribution in [0.2, 0.25) is 0 Å². The summed E-state index contributed by atoms with van der Waals surface area (Å²) in [4.78, 5) is 11.5. The minimum atomic E-state index is -3.40. The Kier molecular flexibility index (Phi) is 5.12. The standard InChI is InChI=1S/C11H23N3O3S/c1-11(2,10(15)13-12)9-18(16,17)14-7-5-3-4-6-8-14/h3-9,12H2,1-2H3,(H,13,15). The molecule has 106 valence electrons. The van der Waals surface area contributed by atoms with Crippen molar-refractivity contribution in [3.8, 4) is 0 Å². The fourth-order valence-electron chi connectivity index (χ4n) is 2.13. The third-order valence-corrected chi connectivity index (χ3v) is 5.49. The molecule has 0 aromatic carbocycles. The molecule has 0 radical (unpaired) electrons. The Morgan fingerprint density at radius 1 is 1.22 bits per heavy atom. The largest absolute Gasteiger partial charge is 0.294 e. The lowest BCUT2D eigenvalue weighted by atomic mass is 9.96. The van der Waals surface area contributed by atoms with Gasteiger partial charge in [-0.2, -0.15) is 0 Å². The molecule has 1 amide bonds. The third kappa shape index (κ3) is 3.93. The molecule has 1 aliphatic heterocycles. The van der Waals surface area contributed by atoms with Crippen molar-refractivity contribution in [2.45, 2.75) is 39.5 Å². The molecule has 1 heterocycles. The Bertz CT molecular complexity index is 384. The van der Waals surface area contributed by atoms with Crippen LogP contribution < -0.4 is 11.3 Å². The normalized spacial score (nSPS) is 19.3. The number of carbonyl (C=O) groups is 1. The van der Waals surface area contributed by atoms with Gasteiger partial charge in [-0.05, 0) is 26.7 Å². The average Bonchev–Trinajstić information content (AvgIpc) is 2.55. The summed E-state index contributed by atoms with van der Waals surface area (Å²) in [6.45, 7) is 4.29. The molecular weight excluding hydrogens is 254 g/mol. The molecule has 6 nitrogen and oxygen atoms in total. The van der Waals surface area contributed by atoms with Gasteiger partial charge in [0.2, 0.25) is 15.9 Å². The number of hydrogen-bond donors (Lipinski definition) is 2. The van der Waals surface area contributed by atoms with E-state index in [1.54, 1.807) is 13.8 Å². The van der Waals surface area contributed by atoms with E-state index in [1.807, 2.05) is 5.43 Å². The fraction of sp³-hybridized carbons (Fsp3) is 0.909. The van der Waals surface area contributed by atoms with Gasteiger partial charge in [0.25, 0.3) is 0 Å². The molecule has 0 aromatic rings. The van der Waals surface area contributed by atoms with Crippen LogP contribution in [0, 0.1) is 5.41 Å². The maximum absolute atomic E-state index is 12.3. The molecule has 1 saturated heterocycles. The molecule has 0 aromatic heterocycles. The highest BCUT2D eigenvalue weighted by Crippen LogP contribution is 2.22. The molecule has 0 unspecified atom stereocenters. The molecule has 0 aliphatic carbocycles. The zero-order valence-corrected chi connectivity index (χ0v) is 11.9. The second-order valence-corrected chi connectivity index (χ2v) is 7.40. The molecule has 1 rings (SSSR count). The summed E-state index contributed by atoms with van der Waals surface area (Å²) in [5.74, 6) is 4.41. The van der Waals surface area contributed by atoms with E-state index in [2.05, 4.69) is 0 Å². The van der Waals surface area contributed by atoms with Crippen molar-refractivity contribution in [2.24, 2.45) is 11.3 Å². The topological polar surface area (TPSA) is 92.5 Å². The lowest BCUT2D eigenvalue weighted by Gasteiger charge is -2.27. The maximum Gasteiger partial charge on any atom is 0.240 e. The summed E-state index contributed by atoms with van der Waals surface area (Å²) < 4.78 is 26.1. The van der Waals surface area contributed by atoms with Crippen LogP contribution in [0.15, 0.2) is 0 Å². The van der Waals surface area contributed by atoms with Crippen LogP contribution in [0.4, 0.5) is 0 Å². The molecule has 1 fully saturated rings. The highest BCUT2D eigenvalue weighted by Gasteiger charge is 2.36. The van der Waals surface area contributed by atoms with Gasteiger partial charge in [-0.1, -0.05) is 12.8 Å². The summed E-state index contributed by atoms with van der Waals surface area (Å²) in [6, 6.07) is 0. The Labute approximate surface area is 109 Å². The van der Waals surface area contributed by atoms with Gasteiger partial charge >= 0.3 is 0 Å². The maximum atomic E-state index is 12.3. The van der Waals surface area contributed by atoms with Crippen LogP contribution in [0.3, 0.4) is 0 Å². The first-order valence-electron chi connectivity index (χ1n) is 6.28. The zero-order valence-electron chi connectivity index (χ0n) is 11.1.